The number of carbonyl (C=O) groups is 2. The van der Waals surface area contributed by atoms with Crippen molar-refractivity contribution in [3.63, 3.8) is 0 Å². The lowest BCUT2D eigenvalue weighted by atomic mass is 10.2. The van der Waals surface area contributed by atoms with Crippen molar-refractivity contribution in [2.45, 2.75) is 19.3 Å². The molecule has 0 spiro atoms. The molecule has 2 amide bonds. The molecule has 0 aliphatic carbocycles. The maximum atomic E-state index is 11.8. The van der Waals surface area contributed by atoms with Gasteiger partial charge in [0.25, 0.3) is 0 Å². The number of aromatic carboxylic acids is 1. The summed E-state index contributed by atoms with van der Waals surface area (Å²) in [6, 6.07) is 3.96. The van der Waals surface area contributed by atoms with Crippen LogP contribution in [0.2, 0.25) is 5.02 Å². The molecule has 1 aromatic carbocycles. The van der Waals surface area contributed by atoms with Crippen molar-refractivity contribution < 1.29 is 14.7 Å². The van der Waals surface area contributed by atoms with E-state index in [9.17, 15) is 9.59 Å². The minimum atomic E-state index is -1.13. The van der Waals surface area contributed by atoms with E-state index in [0.29, 0.717) is 5.69 Å². The highest BCUT2D eigenvalue weighted by molar-refractivity contribution is 6.33. The van der Waals surface area contributed by atoms with Gasteiger partial charge in [-0.1, -0.05) is 18.0 Å². The molecule has 2 rings (SSSR count). The van der Waals surface area contributed by atoms with Crippen LogP contribution in [-0.4, -0.2) is 35.2 Å². The normalized spacial score (nSPS) is 15.7. The number of piperidine rings is 1. The first-order valence-corrected chi connectivity index (χ1v) is 6.79. The molecule has 1 aliphatic heterocycles. The Bertz CT molecular complexity index is 516. The van der Waals surface area contributed by atoms with E-state index in [1.165, 1.54) is 18.6 Å². The number of carboxylic acids is 1. The number of hydrazine groups is 1. The first-order valence-electron chi connectivity index (χ1n) is 6.41. The molecule has 0 aromatic heterocycles. The fourth-order valence-corrected chi connectivity index (χ4v) is 2.27. The number of nitrogens with one attached hydrogen (secondary N) is 2. The molecule has 20 heavy (non-hydrogen) atoms. The molecule has 0 bridgehead atoms. The minimum Gasteiger partial charge on any atom is -0.478 e. The van der Waals surface area contributed by atoms with Crippen LogP contribution in [0.5, 0.6) is 0 Å². The molecule has 3 N–H and O–H groups in total. The van der Waals surface area contributed by atoms with Crippen molar-refractivity contribution in [3.05, 3.63) is 28.8 Å². The van der Waals surface area contributed by atoms with E-state index in [1.54, 1.807) is 6.07 Å². The summed E-state index contributed by atoms with van der Waals surface area (Å²) in [5.41, 5.74) is 3.08. The highest BCUT2D eigenvalue weighted by Gasteiger charge is 2.14. The molecule has 1 saturated heterocycles. The van der Waals surface area contributed by atoms with Gasteiger partial charge in [-0.2, -0.15) is 0 Å². The summed E-state index contributed by atoms with van der Waals surface area (Å²) in [6.45, 7) is 1.66. The Hall–Kier alpha value is -1.79. The van der Waals surface area contributed by atoms with E-state index in [0.717, 1.165) is 25.9 Å². The fraction of sp³-hybridized carbons (Fsp3) is 0.385. The number of carbonyl (C=O) groups excluding carboxylic acids is 1. The van der Waals surface area contributed by atoms with Gasteiger partial charge >= 0.3 is 12.0 Å². The smallest absolute Gasteiger partial charge is 0.337 e. The van der Waals surface area contributed by atoms with E-state index < -0.39 is 5.97 Å². The number of halogens is 1. The number of nitrogens with zero attached hydrogens (tertiary/aromatic N) is 1. The van der Waals surface area contributed by atoms with Gasteiger partial charge in [0.2, 0.25) is 0 Å². The Balaban J connectivity index is 1.96. The van der Waals surface area contributed by atoms with Gasteiger partial charge in [0.15, 0.2) is 0 Å². The molecule has 1 aliphatic rings. The molecular weight excluding hydrogens is 282 g/mol. The van der Waals surface area contributed by atoms with Crippen molar-refractivity contribution in [1.29, 1.82) is 0 Å². The van der Waals surface area contributed by atoms with Crippen LogP contribution in [0.1, 0.15) is 29.6 Å². The molecule has 108 valence electrons. The quantitative estimate of drug-likeness (QED) is 0.801. The van der Waals surface area contributed by atoms with Gasteiger partial charge in [0.05, 0.1) is 10.6 Å². The van der Waals surface area contributed by atoms with Gasteiger partial charge < -0.3 is 10.4 Å². The van der Waals surface area contributed by atoms with Crippen LogP contribution in [0.4, 0.5) is 10.5 Å². The van der Waals surface area contributed by atoms with Gasteiger partial charge in [0.1, 0.15) is 0 Å². The zero-order chi connectivity index (χ0) is 14.5. The van der Waals surface area contributed by atoms with Gasteiger partial charge in [-0.15, -0.1) is 0 Å². The summed E-state index contributed by atoms with van der Waals surface area (Å²) < 4.78 is 0. The van der Waals surface area contributed by atoms with Crippen molar-refractivity contribution >= 4 is 29.3 Å². The first-order chi connectivity index (χ1) is 9.56. The lowest BCUT2D eigenvalue weighted by molar-refractivity contribution is 0.0697. The number of hydrogen-bond donors (Lipinski definition) is 3. The number of anilines is 1. The Morgan fingerprint density at radius 3 is 2.55 bits per heavy atom. The zero-order valence-electron chi connectivity index (χ0n) is 10.9. The third-order valence-electron chi connectivity index (χ3n) is 3.07. The van der Waals surface area contributed by atoms with Crippen LogP contribution in [0.3, 0.4) is 0 Å². The molecule has 0 atom stereocenters. The molecule has 6 nitrogen and oxygen atoms in total. The maximum absolute atomic E-state index is 11.8. The summed E-state index contributed by atoms with van der Waals surface area (Å²) in [5, 5.41) is 13.6. The predicted molar refractivity (Wildman–Crippen MR) is 76.0 cm³/mol. The third kappa shape index (κ3) is 3.85. The molecule has 0 unspecified atom stereocenters. The average Bonchev–Trinajstić information content (AvgIpc) is 2.41. The summed E-state index contributed by atoms with van der Waals surface area (Å²) >= 11 is 5.77. The second-order valence-corrected chi connectivity index (χ2v) is 5.02. The molecule has 7 heteroatoms. The number of amides is 2. The fourth-order valence-electron chi connectivity index (χ4n) is 2.08. The average molecular weight is 298 g/mol. The summed E-state index contributed by atoms with van der Waals surface area (Å²) in [6.07, 6.45) is 3.30. The number of carboxylic acid groups (broad SMARTS) is 1. The monoisotopic (exact) mass is 297 g/mol. The van der Waals surface area contributed by atoms with Crippen molar-refractivity contribution in [3.8, 4) is 0 Å². The minimum absolute atomic E-state index is 0.0394. The van der Waals surface area contributed by atoms with E-state index in [2.05, 4.69) is 10.7 Å². The molecular formula is C13H16ClN3O3. The molecule has 1 fully saturated rings. The third-order valence-corrected chi connectivity index (χ3v) is 3.40. The SMILES string of the molecule is O=C(Nc1ccc(Cl)c(C(=O)O)c1)NN1CCCCC1. The van der Waals surface area contributed by atoms with Gasteiger partial charge in [0, 0.05) is 18.8 Å². The Kier molecular flexibility index (Phi) is 4.81. The van der Waals surface area contributed by atoms with E-state index in [4.69, 9.17) is 16.7 Å². The van der Waals surface area contributed by atoms with E-state index in [-0.39, 0.29) is 16.6 Å². The summed E-state index contributed by atoms with van der Waals surface area (Å²) in [7, 11) is 0. The first kappa shape index (κ1) is 14.6. The van der Waals surface area contributed by atoms with Crippen molar-refractivity contribution in [1.82, 2.24) is 10.4 Å². The van der Waals surface area contributed by atoms with Crippen LogP contribution < -0.4 is 10.7 Å². The highest BCUT2D eigenvalue weighted by Crippen LogP contribution is 2.20. The Morgan fingerprint density at radius 2 is 1.90 bits per heavy atom. The topological polar surface area (TPSA) is 81.7 Å². The van der Waals surface area contributed by atoms with Crippen molar-refractivity contribution in [2.24, 2.45) is 0 Å². The second kappa shape index (κ2) is 6.58. The van der Waals surface area contributed by atoms with E-state index >= 15 is 0 Å². The van der Waals surface area contributed by atoms with Crippen LogP contribution >= 0.6 is 11.6 Å². The summed E-state index contributed by atoms with van der Waals surface area (Å²) in [4.78, 5) is 22.8. The predicted octanol–water partition coefficient (Wildman–Crippen LogP) is 2.56. The lowest BCUT2D eigenvalue weighted by Gasteiger charge is -2.26. The van der Waals surface area contributed by atoms with Gasteiger partial charge in [-0.25, -0.2) is 14.6 Å². The number of hydrogen-bond acceptors (Lipinski definition) is 3. The summed E-state index contributed by atoms with van der Waals surface area (Å²) in [5.74, 6) is -1.13. The van der Waals surface area contributed by atoms with Gasteiger partial charge in [-0.05, 0) is 31.0 Å². The van der Waals surface area contributed by atoms with Crippen molar-refractivity contribution in [2.75, 3.05) is 18.4 Å². The maximum Gasteiger partial charge on any atom is 0.337 e. The number of benzene rings is 1. The van der Waals surface area contributed by atoms with Crippen LogP contribution in [0.25, 0.3) is 0 Å². The Morgan fingerprint density at radius 1 is 1.20 bits per heavy atom. The molecule has 0 saturated carbocycles. The lowest BCUT2D eigenvalue weighted by Crippen LogP contribution is -2.46. The van der Waals surface area contributed by atoms with Crippen LogP contribution in [0.15, 0.2) is 18.2 Å². The standard InChI is InChI=1S/C13H16ClN3O3/c14-11-5-4-9(8-10(11)12(18)19)15-13(20)16-17-6-2-1-3-7-17/h4-5,8H,1-3,6-7H2,(H,18,19)(H2,15,16,20). The van der Waals surface area contributed by atoms with E-state index in [1.807, 2.05) is 5.01 Å². The molecule has 0 radical (unpaired) electrons. The number of rotatable bonds is 3. The molecule has 1 heterocycles. The zero-order valence-corrected chi connectivity index (χ0v) is 11.6. The van der Waals surface area contributed by atoms with Gasteiger partial charge in [-0.3, -0.25) is 5.43 Å². The van der Waals surface area contributed by atoms with Crippen LogP contribution in [-0.2, 0) is 0 Å². The van der Waals surface area contributed by atoms with Crippen LogP contribution in [0, 0.1) is 0 Å². The number of urea groups is 1. The Labute approximate surface area is 121 Å². The second-order valence-electron chi connectivity index (χ2n) is 4.61. The highest BCUT2D eigenvalue weighted by atomic mass is 35.5. The largest absolute Gasteiger partial charge is 0.478 e. The molecule has 1 aromatic rings.